The molecule has 0 aromatic carbocycles. The number of carbonyl (C=O) groups is 1. The van der Waals surface area contributed by atoms with Crippen LogP contribution < -0.4 is 5.43 Å². The maximum atomic E-state index is 12.7. The molecule has 0 bridgehead atoms. The van der Waals surface area contributed by atoms with Gasteiger partial charge in [-0.05, 0) is 39.5 Å². The van der Waals surface area contributed by atoms with Gasteiger partial charge in [0.25, 0.3) is 0 Å². The van der Waals surface area contributed by atoms with Crippen LogP contribution in [0.15, 0.2) is 9.95 Å². The Bertz CT molecular complexity index is 795. The number of aryl methyl sites for hydroxylation is 2. The predicted octanol–water partition coefficient (Wildman–Crippen LogP) is 3.01. The summed E-state index contributed by atoms with van der Waals surface area (Å²) in [6.45, 7) is 4.94. The molecule has 0 fully saturated rings. The van der Waals surface area contributed by atoms with Gasteiger partial charge in [-0.25, -0.2) is 4.98 Å². The van der Waals surface area contributed by atoms with Gasteiger partial charge in [0.05, 0.1) is 12.4 Å². The third kappa shape index (κ3) is 3.17. The molecule has 7 heteroatoms. The molecule has 1 aliphatic rings. The van der Waals surface area contributed by atoms with Crippen molar-refractivity contribution < 1.29 is 9.53 Å². The summed E-state index contributed by atoms with van der Waals surface area (Å²) in [5.74, 6) is -0.0343. The van der Waals surface area contributed by atoms with Crippen LogP contribution in [0.5, 0.6) is 0 Å². The first-order chi connectivity index (χ1) is 11.2. The highest BCUT2D eigenvalue weighted by molar-refractivity contribution is 7.99. The Morgan fingerprint density at radius 3 is 2.87 bits per heavy atom. The zero-order chi connectivity index (χ0) is 16.4. The van der Waals surface area contributed by atoms with Crippen molar-refractivity contribution in [3.63, 3.8) is 0 Å². The Labute approximate surface area is 143 Å². The lowest BCUT2D eigenvalue weighted by atomic mass is 9.98. The normalized spacial score (nSPS) is 14.0. The zero-order valence-corrected chi connectivity index (χ0v) is 15.0. The van der Waals surface area contributed by atoms with Gasteiger partial charge < -0.3 is 9.30 Å². The number of rotatable bonds is 5. The van der Waals surface area contributed by atoms with Crippen LogP contribution in [0.3, 0.4) is 0 Å². The molecule has 124 valence electrons. The molecule has 3 rings (SSSR count). The molecule has 0 spiro atoms. The fourth-order valence-electron chi connectivity index (χ4n) is 2.88. The van der Waals surface area contributed by atoms with Gasteiger partial charge in [-0.15, -0.1) is 11.3 Å². The summed E-state index contributed by atoms with van der Waals surface area (Å²) in [4.78, 5) is 31.0. The molecule has 0 N–H and O–H groups in total. The smallest absolute Gasteiger partial charge is 0.316 e. The second kappa shape index (κ2) is 7.05. The predicted molar refractivity (Wildman–Crippen MR) is 93.6 cm³/mol. The van der Waals surface area contributed by atoms with E-state index in [2.05, 4.69) is 4.98 Å². The van der Waals surface area contributed by atoms with Crippen LogP contribution >= 0.6 is 23.1 Å². The molecule has 0 saturated heterocycles. The van der Waals surface area contributed by atoms with E-state index in [1.54, 1.807) is 18.3 Å². The lowest BCUT2D eigenvalue weighted by Crippen LogP contribution is -2.15. The van der Waals surface area contributed by atoms with Gasteiger partial charge in [0.1, 0.15) is 10.3 Å². The first-order valence-corrected chi connectivity index (χ1v) is 9.79. The topological polar surface area (TPSA) is 61.2 Å². The van der Waals surface area contributed by atoms with E-state index in [4.69, 9.17) is 4.74 Å². The van der Waals surface area contributed by atoms with E-state index in [0.717, 1.165) is 47.8 Å². The van der Waals surface area contributed by atoms with Gasteiger partial charge in [0.2, 0.25) is 5.43 Å². The molecule has 0 aliphatic heterocycles. The van der Waals surface area contributed by atoms with E-state index in [1.807, 2.05) is 11.5 Å². The van der Waals surface area contributed by atoms with E-state index in [0.29, 0.717) is 12.1 Å². The van der Waals surface area contributed by atoms with Crippen molar-refractivity contribution in [1.29, 1.82) is 0 Å². The van der Waals surface area contributed by atoms with Crippen molar-refractivity contribution in [3.8, 4) is 0 Å². The number of esters is 1. The molecule has 5 nitrogen and oxygen atoms in total. The van der Waals surface area contributed by atoms with Crippen LogP contribution in [0.1, 0.15) is 37.1 Å². The number of hydrogen-bond donors (Lipinski definition) is 0. The number of ether oxygens (including phenoxy) is 1. The Hall–Kier alpha value is -1.34. The number of nitrogens with zero attached hydrogens (tertiary/aromatic N) is 2. The quantitative estimate of drug-likeness (QED) is 0.611. The summed E-state index contributed by atoms with van der Waals surface area (Å²) in [6.07, 6.45) is 4.09. The first kappa shape index (κ1) is 16.5. The summed E-state index contributed by atoms with van der Waals surface area (Å²) in [5.41, 5.74) is 1.60. The summed E-state index contributed by atoms with van der Waals surface area (Å²) in [6, 6.07) is 0. The van der Waals surface area contributed by atoms with E-state index < -0.39 is 0 Å². The maximum Gasteiger partial charge on any atom is 0.316 e. The van der Waals surface area contributed by atoms with E-state index in [9.17, 15) is 9.59 Å². The van der Waals surface area contributed by atoms with Crippen LogP contribution in [0.2, 0.25) is 0 Å². The second-order valence-electron chi connectivity index (χ2n) is 5.43. The van der Waals surface area contributed by atoms with Crippen molar-refractivity contribution in [2.75, 3.05) is 12.4 Å². The number of imidazole rings is 1. The van der Waals surface area contributed by atoms with Gasteiger partial charge in [-0.2, -0.15) is 0 Å². The van der Waals surface area contributed by atoms with Crippen LogP contribution in [0.4, 0.5) is 0 Å². The van der Waals surface area contributed by atoms with Gasteiger partial charge >= 0.3 is 5.97 Å². The fourth-order valence-corrected chi connectivity index (χ4v) is 5.15. The Balaban J connectivity index is 2.01. The summed E-state index contributed by atoms with van der Waals surface area (Å²) in [7, 11) is 0. The Morgan fingerprint density at radius 2 is 2.13 bits per heavy atom. The number of carbonyl (C=O) groups excluding carboxylic acids is 1. The lowest BCUT2D eigenvalue weighted by Gasteiger charge is -2.13. The molecule has 0 amide bonds. The number of thioether (sulfide) groups is 1. The molecule has 1 aliphatic carbocycles. The minimum absolute atomic E-state index is 0.0821. The van der Waals surface area contributed by atoms with Crippen molar-refractivity contribution in [3.05, 3.63) is 20.7 Å². The van der Waals surface area contributed by atoms with E-state index >= 15 is 0 Å². The highest BCUT2D eigenvalue weighted by atomic mass is 32.2. The summed E-state index contributed by atoms with van der Waals surface area (Å²) < 4.78 is 7.00. The minimum atomic E-state index is -0.252. The third-order valence-corrected chi connectivity index (χ3v) is 6.21. The van der Waals surface area contributed by atoms with Crippen molar-refractivity contribution in [1.82, 2.24) is 9.55 Å². The number of fused-ring (bicyclic) bond motifs is 2. The Morgan fingerprint density at radius 1 is 1.35 bits per heavy atom. The van der Waals surface area contributed by atoms with Crippen LogP contribution in [-0.4, -0.2) is 27.9 Å². The SMILES string of the molecule is CCOC(=O)CSc1nc2c(=O)c3c(sc2n1CC)CCCC3. The van der Waals surface area contributed by atoms with Crippen LogP contribution in [0.25, 0.3) is 10.3 Å². The maximum absolute atomic E-state index is 12.7. The van der Waals surface area contributed by atoms with Crippen LogP contribution in [0, 0.1) is 0 Å². The van der Waals surface area contributed by atoms with Crippen molar-refractivity contribution in [2.45, 2.75) is 51.2 Å². The highest BCUT2D eigenvalue weighted by Crippen LogP contribution is 2.31. The number of aromatic nitrogens is 2. The van der Waals surface area contributed by atoms with Crippen LogP contribution in [-0.2, 0) is 28.9 Å². The monoisotopic (exact) mass is 352 g/mol. The summed E-state index contributed by atoms with van der Waals surface area (Å²) >= 11 is 3.03. The molecule has 2 heterocycles. The van der Waals surface area contributed by atoms with E-state index in [1.165, 1.54) is 16.6 Å². The molecule has 0 radical (unpaired) electrons. The molecule has 2 aromatic heterocycles. The standard InChI is InChI=1S/C16H20N2O3S2/c1-3-18-15-13(17-16(18)22-9-12(19)21-4-2)14(20)10-7-5-6-8-11(10)23-15/h3-9H2,1-2H3. The molecule has 0 saturated carbocycles. The molecule has 23 heavy (non-hydrogen) atoms. The average molecular weight is 352 g/mol. The third-order valence-electron chi connectivity index (χ3n) is 3.95. The van der Waals surface area contributed by atoms with Gasteiger partial charge in [0, 0.05) is 17.0 Å². The largest absolute Gasteiger partial charge is 0.465 e. The molecular weight excluding hydrogens is 332 g/mol. The molecule has 0 atom stereocenters. The van der Waals surface area contributed by atoms with Crippen molar-refractivity contribution in [2.24, 2.45) is 0 Å². The zero-order valence-electron chi connectivity index (χ0n) is 13.4. The molecule has 0 unspecified atom stereocenters. The van der Waals surface area contributed by atoms with Gasteiger partial charge in [-0.1, -0.05) is 11.8 Å². The Kier molecular flexibility index (Phi) is 5.06. The number of hydrogen-bond acceptors (Lipinski definition) is 6. The lowest BCUT2D eigenvalue weighted by molar-refractivity contribution is -0.139. The molecule has 2 aromatic rings. The molecular formula is C16H20N2O3S2. The van der Waals surface area contributed by atoms with Gasteiger partial charge in [0.15, 0.2) is 5.16 Å². The first-order valence-electron chi connectivity index (χ1n) is 7.99. The van der Waals surface area contributed by atoms with Gasteiger partial charge in [-0.3, -0.25) is 9.59 Å². The average Bonchev–Trinajstić information content (AvgIpc) is 2.91. The highest BCUT2D eigenvalue weighted by Gasteiger charge is 2.21. The van der Waals surface area contributed by atoms with E-state index in [-0.39, 0.29) is 17.2 Å². The minimum Gasteiger partial charge on any atom is -0.465 e. The van der Waals surface area contributed by atoms with Crippen molar-refractivity contribution >= 4 is 39.4 Å². The second-order valence-corrected chi connectivity index (χ2v) is 7.45. The summed E-state index contributed by atoms with van der Waals surface area (Å²) in [5, 5.41) is 0.728. The fraction of sp³-hybridized carbons (Fsp3) is 0.562.